The molecule has 0 fully saturated rings. The van der Waals surface area contributed by atoms with Gasteiger partial charge in [0.15, 0.2) is 0 Å². The number of carbonyl (C=O) groups is 1. The SMILES string of the molecule is O=C(O)COCCOCCOc1no[n+]([O-])c1S(=O)(=O)c1ccccc1. The van der Waals surface area contributed by atoms with Gasteiger partial charge < -0.3 is 24.5 Å². The maximum absolute atomic E-state index is 12.5. The lowest BCUT2D eigenvalue weighted by Crippen LogP contribution is -2.31. The van der Waals surface area contributed by atoms with E-state index >= 15 is 0 Å². The summed E-state index contributed by atoms with van der Waals surface area (Å²) in [6, 6.07) is 7.30. The van der Waals surface area contributed by atoms with Crippen LogP contribution in [0.2, 0.25) is 0 Å². The van der Waals surface area contributed by atoms with Crippen molar-refractivity contribution in [2.75, 3.05) is 33.0 Å². The third-order valence-corrected chi connectivity index (χ3v) is 4.64. The van der Waals surface area contributed by atoms with Gasteiger partial charge in [-0.15, -0.1) is 0 Å². The van der Waals surface area contributed by atoms with Gasteiger partial charge in [-0.1, -0.05) is 18.2 Å². The predicted octanol–water partition coefficient (Wildman–Crippen LogP) is -0.363. The number of sulfone groups is 1. The number of benzene rings is 1. The molecule has 0 aliphatic carbocycles. The van der Waals surface area contributed by atoms with Gasteiger partial charge in [-0.25, -0.2) is 13.2 Å². The van der Waals surface area contributed by atoms with Crippen molar-refractivity contribution in [1.29, 1.82) is 0 Å². The van der Waals surface area contributed by atoms with Gasteiger partial charge in [0.25, 0.3) is 9.84 Å². The Balaban J connectivity index is 1.89. The van der Waals surface area contributed by atoms with Gasteiger partial charge in [0, 0.05) is 0 Å². The first-order valence-electron chi connectivity index (χ1n) is 7.33. The second kappa shape index (κ2) is 9.12. The molecule has 0 aliphatic rings. The highest BCUT2D eigenvalue weighted by Crippen LogP contribution is 2.24. The van der Waals surface area contributed by atoms with E-state index in [4.69, 9.17) is 19.3 Å². The highest BCUT2D eigenvalue weighted by molar-refractivity contribution is 7.91. The lowest BCUT2D eigenvalue weighted by Gasteiger charge is -2.05. The molecule has 0 unspecified atom stereocenters. The van der Waals surface area contributed by atoms with Crippen molar-refractivity contribution in [3.63, 3.8) is 0 Å². The second-order valence-electron chi connectivity index (χ2n) is 4.76. The fraction of sp³-hybridized carbons (Fsp3) is 0.357. The first-order valence-corrected chi connectivity index (χ1v) is 8.81. The molecule has 1 aromatic carbocycles. The molecule has 11 nitrogen and oxygen atoms in total. The van der Waals surface area contributed by atoms with Crippen LogP contribution in [0.3, 0.4) is 0 Å². The molecule has 2 rings (SSSR count). The minimum absolute atomic E-state index is 0.0347. The summed E-state index contributed by atoms with van der Waals surface area (Å²) in [5.41, 5.74) is 0. The van der Waals surface area contributed by atoms with E-state index < -0.39 is 33.3 Å². The van der Waals surface area contributed by atoms with Gasteiger partial charge >= 0.3 is 16.9 Å². The lowest BCUT2D eigenvalue weighted by atomic mass is 10.4. The molecule has 12 heteroatoms. The Labute approximate surface area is 148 Å². The minimum Gasteiger partial charge on any atom is -0.480 e. The lowest BCUT2D eigenvalue weighted by molar-refractivity contribution is -0.832. The van der Waals surface area contributed by atoms with Gasteiger partial charge in [-0.05, 0) is 17.0 Å². The molecule has 1 N–H and O–H groups in total. The van der Waals surface area contributed by atoms with Crippen LogP contribution >= 0.6 is 0 Å². The van der Waals surface area contributed by atoms with Crippen molar-refractivity contribution in [1.82, 2.24) is 5.16 Å². The Morgan fingerprint density at radius 1 is 1.15 bits per heavy atom. The Morgan fingerprint density at radius 3 is 2.50 bits per heavy atom. The van der Waals surface area contributed by atoms with Crippen LogP contribution in [0.4, 0.5) is 0 Å². The predicted molar refractivity (Wildman–Crippen MR) is 82.1 cm³/mol. The summed E-state index contributed by atoms with van der Waals surface area (Å²) >= 11 is 0. The summed E-state index contributed by atoms with van der Waals surface area (Å²) in [4.78, 5) is 9.89. The number of carboxylic acid groups (broad SMARTS) is 1. The molecule has 142 valence electrons. The number of carboxylic acids is 1. The fourth-order valence-corrected chi connectivity index (χ4v) is 3.11. The Morgan fingerprint density at radius 2 is 1.81 bits per heavy atom. The molecule has 2 aromatic rings. The molecular formula is C14H16N2O9S. The number of nitrogens with zero attached hydrogens (tertiary/aromatic N) is 2. The van der Waals surface area contributed by atoms with E-state index in [0.29, 0.717) is 0 Å². The van der Waals surface area contributed by atoms with Crippen LogP contribution < -0.4 is 9.64 Å². The molecule has 0 bridgehead atoms. The monoisotopic (exact) mass is 388 g/mol. The van der Waals surface area contributed by atoms with Crippen molar-refractivity contribution < 1.29 is 42.1 Å². The summed E-state index contributed by atoms with van der Waals surface area (Å²) in [5, 5.41) is 22.6. The molecule has 0 aliphatic heterocycles. The zero-order valence-corrected chi connectivity index (χ0v) is 14.3. The topological polar surface area (TPSA) is 152 Å². The third-order valence-electron chi connectivity index (χ3n) is 2.92. The summed E-state index contributed by atoms with van der Waals surface area (Å²) in [5.74, 6) is -1.56. The molecule has 0 saturated heterocycles. The van der Waals surface area contributed by atoms with Crippen LogP contribution in [0.25, 0.3) is 0 Å². The van der Waals surface area contributed by atoms with E-state index in [1.165, 1.54) is 24.3 Å². The molecule has 0 radical (unpaired) electrons. The molecule has 0 saturated carbocycles. The first kappa shape index (κ1) is 19.6. The number of rotatable bonds is 11. The number of aromatic nitrogens is 2. The molecule has 1 aromatic heterocycles. The van der Waals surface area contributed by atoms with E-state index in [9.17, 15) is 18.4 Å². The van der Waals surface area contributed by atoms with Crippen molar-refractivity contribution in [2.45, 2.75) is 9.92 Å². The van der Waals surface area contributed by atoms with Crippen molar-refractivity contribution in [2.24, 2.45) is 0 Å². The third kappa shape index (κ3) is 5.15. The number of aliphatic carboxylic acids is 1. The Bertz CT molecular complexity index is 820. The van der Waals surface area contributed by atoms with Gasteiger partial charge in [-0.3, -0.25) is 4.63 Å². The van der Waals surface area contributed by atoms with Gasteiger partial charge in [0.05, 0.1) is 29.9 Å². The minimum atomic E-state index is -4.17. The quantitative estimate of drug-likeness (QED) is 0.399. The van der Waals surface area contributed by atoms with E-state index in [2.05, 4.69) is 9.79 Å². The molecular weight excluding hydrogens is 372 g/mol. The number of hydrogen-bond donors (Lipinski definition) is 1. The zero-order valence-electron chi connectivity index (χ0n) is 13.4. The van der Waals surface area contributed by atoms with E-state index in [1.54, 1.807) is 6.07 Å². The van der Waals surface area contributed by atoms with Crippen LogP contribution in [-0.2, 0) is 24.1 Å². The second-order valence-corrected chi connectivity index (χ2v) is 6.63. The maximum Gasteiger partial charge on any atom is 0.415 e. The van der Waals surface area contributed by atoms with E-state index in [-0.39, 0.29) is 36.2 Å². The van der Waals surface area contributed by atoms with Crippen LogP contribution in [0.1, 0.15) is 0 Å². The highest BCUT2D eigenvalue weighted by Gasteiger charge is 2.35. The van der Waals surface area contributed by atoms with Gasteiger partial charge in [-0.2, -0.15) is 0 Å². The summed E-state index contributed by atoms with van der Waals surface area (Å²) in [7, 11) is -4.17. The average Bonchev–Trinajstić information content (AvgIpc) is 2.99. The Kier molecular flexibility index (Phi) is 6.89. The van der Waals surface area contributed by atoms with Gasteiger partial charge in [0.1, 0.15) is 13.2 Å². The Hall–Kier alpha value is -2.70. The molecule has 0 atom stereocenters. The van der Waals surface area contributed by atoms with Crippen LogP contribution in [0.5, 0.6) is 5.88 Å². The van der Waals surface area contributed by atoms with Crippen molar-refractivity contribution in [3.05, 3.63) is 35.5 Å². The van der Waals surface area contributed by atoms with E-state index in [1.807, 2.05) is 0 Å². The highest BCUT2D eigenvalue weighted by atomic mass is 32.2. The number of ether oxygens (including phenoxy) is 3. The molecule has 1 heterocycles. The number of hydrogen-bond acceptors (Lipinski definition) is 9. The van der Waals surface area contributed by atoms with Crippen LogP contribution in [-0.4, -0.2) is 57.7 Å². The zero-order chi connectivity index (χ0) is 19.0. The molecule has 0 amide bonds. The average molecular weight is 388 g/mol. The smallest absolute Gasteiger partial charge is 0.415 e. The van der Waals surface area contributed by atoms with Crippen LogP contribution in [0, 0.1) is 5.21 Å². The normalized spacial score (nSPS) is 11.4. The van der Waals surface area contributed by atoms with Gasteiger partial charge in [0.2, 0.25) is 0 Å². The fourth-order valence-electron chi connectivity index (χ4n) is 1.82. The standard InChI is InChI=1S/C14H16N2O9S/c17-12(18)10-23-7-6-22-8-9-24-13-14(16(19)25-15-13)26(20,21)11-4-2-1-3-5-11/h1-5H,6-10H2,(H,17,18). The van der Waals surface area contributed by atoms with E-state index in [0.717, 1.165) is 0 Å². The molecule has 26 heavy (non-hydrogen) atoms. The van der Waals surface area contributed by atoms with Crippen molar-refractivity contribution in [3.8, 4) is 5.88 Å². The summed E-state index contributed by atoms with van der Waals surface area (Å²) in [6.45, 7) is -0.310. The first-order chi connectivity index (χ1) is 12.4. The molecule has 0 spiro atoms. The van der Waals surface area contributed by atoms with Crippen LogP contribution in [0.15, 0.2) is 44.9 Å². The summed E-state index contributed by atoms with van der Waals surface area (Å²) < 4.78 is 44.4. The summed E-state index contributed by atoms with van der Waals surface area (Å²) in [6.07, 6.45) is 0. The van der Waals surface area contributed by atoms with Crippen molar-refractivity contribution >= 4 is 15.8 Å². The largest absolute Gasteiger partial charge is 0.480 e. The maximum atomic E-state index is 12.5.